The second kappa shape index (κ2) is 9.22. The summed E-state index contributed by atoms with van der Waals surface area (Å²) in [4.78, 5) is 19.8. The molecule has 5 aromatic rings. The summed E-state index contributed by atoms with van der Waals surface area (Å²) in [5, 5.41) is 0.522. The van der Waals surface area contributed by atoms with Crippen LogP contribution in [0.3, 0.4) is 0 Å². The fourth-order valence-electron chi connectivity index (χ4n) is 3.44. The second-order valence-corrected chi connectivity index (χ2v) is 8.43. The summed E-state index contributed by atoms with van der Waals surface area (Å²) in [6, 6.07) is 30.7. The molecule has 0 aliphatic rings. The molecule has 1 amide bonds. The van der Waals surface area contributed by atoms with Crippen molar-refractivity contribution in [1.29, 1.82) is 0 Å². The highest BCUT2D eigenvalue weighted by molar-refractivity contribution is 7.22. The molecule has 0 atom stereocenters. The highest BCUT2D eigenvalue weighted by atomic mass is 32.1. The van der Waals surface area contributed by atoms with Gasteiger partial charge in [-0.2, -0.15) is 0 Å². The number of anilines is 1. The minimum Gasteiger partial charge on any atom is -0.457 e. The number of aromatic nitrogens is 1. The summed E-state index contributed by atoms with van der Waals surface area (Å²) in [5.41, 5.74) is 2.14. The zero-order chi connectivity index (χ0) is 22.6. The molecular weight excluding hydrogens is 435 g/mol. The Morgan fingerprint density at radius 2 is 1.52 bits per heavy atom. The van der Waals surface area contributed by atoms with E-state index in [1.807, 2.05) is 60.7 Å². The number of hydrogen-bond donors (Lipinski definition) is 0. The Morgan fingerprint density at radius 1 is 0.848 bits per heavy atom. The molecule has 0 aliphatic carbocycles. The fraction of sp³-hybridized carbons (Fsp3) is 0.0370. The third kappa shape index (κ3) is 4.76. The van der Waals surface area contributed by atoms with Crippen LogP contribution >= 0.6 is 11.3 Å². The van der Waals surface area contributed by atoms with Crippen LogP contribution in [0.4, 0.5) is 9.52 Å². The van der Waals surface area contributed by atoms with Gasteiger partial charge in [-0.25, -0.2) is 9.37 Å². The maximum atomic E-state index is 13.7. The van der Waals surface area contributed by atoms with E-state index in [0.717, 1.165) is 11.3 Å². The van der Waals surface area contributed by atoms with Gasteiger partial charge in [-0.05, 0) is 60.2 Å². The van der Waals surface area contributed by atoms with Gasteiger partial charge in [0.15, 0.2) is 5.13 Å². The molecule has 0 aliphatic heterocycles. The number of thiazole rings is 1. The molecule has 0 radical (unpaired) electrons. The Hall–Kier alpha value is -4.03. The lowest BCUT2D eigenvalue weighted by molar-refractivity contribution is 0.0985. The summed E-state index contributed by atoms with van der Waals surface area (Å²) >= 11 is 1.30. The first-order valence-electron chi connectivity index (χ1n) is 10.4. The maximum absolute atomic E-state index is 13.7. The van der Waals surface area contributed by atoms with Gasteiger partial charge in [0.05, 0.1) is 16.8 Å². The van der Waals surface area contributed by atoms with Crippen LogP contribution in [0.1, 0.15) is 15.9 Å². The van der Waals surface area contributed by atoms with Crippen LogP contribution in [0.15, 0.2) is 103 Å². The Balaban J connectivity index is 1.45. The number of ether oxygens (including phenoxy) is 1. The average molecular weight is 455 g/mol. The smallest absolute Gasteiger partial charge is 0.260 e. The number of para-hydroxylation sites is 1. The summed E-state index contributed by atoms with van der Waals surface area (Å²) < 4.78 is 20.2. The summed E-state index contributed by atoms with van der Waals surface area (Å²) in [6.07, 6.45) is 0. The fourth-order valence-corrected chi connectivity index (χ4v) is 4.43. The second-order valence-electron chi connectivity index (χ2n) is 7.42. The molecule has 4 nitrogen and oxygen atoms in total. The predicted molar refractivity (Wildman–Crippen MR) is 129 cm³/mol. The number of carbonyl (C=O) groups excluding carboxylic acids is 1. The molecule has 0 bridgehead atoms. The van der Waals surface area contributed by atoms with Gasteiger partial charge in [-0.3, -0.25) is 9.69 Å². The molecule has 4 aromatic carbocycles. The van der Waals surface area contributed by atoms with Gasteiger partial charge in [0.1, 0.15) is 17.3 Å². The minimum atomic E-state index is -0.326. The van der Waals surface area contributed by atoms with Crippen molar-refractivity contribution >= 4 is 32.6 Å². The molecule has 5 rings (SSSR count). The van der Waals surface area contributed by atoms with Gasteiger partial charge in [-0.1, -0.05) is 59.9 Å². The van der Waals surface area contributed by atoms with Crippen molar-refractivity contribution in [1.82, 2.24) is 4.98 Å². The minimum absolute atomic E-state index is 0.190. The van der Waals surface area contributed by atoms with E-state index in [1.54, 1.807) is 35.2 Å². The average Bonchev–Trinajstić information content (AvgIpc) is 3.27. The molecule has 0 unspecified atom stereocenters. The third-order valence-electron chi connectivity index (χ3n) is 5.08. The Kier molecular flexibility index (Phi) is 5.83. The first-order chi connectivity index (χ1) is 16.2. The molecule has 6 heteroatoms. The zero-order valence-corrected chi connectivity index (χ0v) is 18.3. The molecule has 0 N–H and O–H groups in total. The van der Waals surface area contributed by atoms with E-state index in [-0.39, 0.29) is 11.7 Å². The number of rotatable bonds is 6. The van der Waals surface area contributed by atoms with Crippen molar-refractivity contribution < 1.29 is 13.9 Å². The van der Waals surface area contributed by atoms with Crippen LogP contribution < -0.4 is 9.64 Å². The van der Waals surface area contributed by atoms with Crippen LogP contribution in [0.2, 0.25) is 0 Å². The predicted octanol–water partition coefficient (Wildman–Crippen LogP) is 7.07. The molecular formula is C27H19FN2O2S. The van der Waals surface area contributed by atoms with E-state index < -0.39 is 0 Å². The third-order valence-corrected chi connectivity index (χ3v) is 6.12. The lowest BCUT2D eigenvalue weighted by Gasteiger charge is -2.20. The van der Waals surface area contributed by atoms with Gasteiger partial charge in [0, 0.05) is 5.56 Å². The maximum Gasteiger partial charge on any atom is 0.260 e. The molecule has 1 heterocycles. The number of hydrogen-bond acceptors (Lipinski definition) is 4. The van der Waals surface area contributed by atoms with Gasteiger partial charge in [-0.15, -0.1) is 0 Å². The molecule has 1 aromatic heterocycles. The van der Waals surface area contributed by atoms with Crippen LogP contribution in [0.5, 0.6) is 11.5 Å². The van der Waals surface area contributed by atoms with Crippen LogP contribution in [-0.4, -0.2) is 10.9 Å². The zero-order valence-electron chi connectivity index (χ0n) is 17.5. The number of fused-ring (bicyclic) bond motifs is 1. The molecule has 0 fully saturated rings. The van der Waals surface area contributed by atoms with Crippen molar-refractivity contribution in [2.75, 3.05) is 4.90 Å². The number of benzene rings is 4. The van der Waals surface area contributed by atoms with Crippen molar-refractivity contribution in [3.05, 3.63) is 120 Å². The van der Waals surface area contributed by atoms with E-state index in [2.05, 4.69) is 4.98 Å². The largest absolute Gasteiger partial charge is 0.457 e. The first-order valence-corrected chi connectivity index (χ1v) is 11.2. The molecule has 0 spiro atoms. The quantitative estimate of drug-likeness (QED) is 0.275. The Labute approximate surface area is 194 Å². The standard InChI is InChI=1S/C27H19FN2O2S/c28-21-13-16-24-25(17-21)33-27(29-24)30(18-19-7-3-1-4-8-19)26(31)20-11-14-23(15-12-20)32-22-9-5-2-6-10-22/h1-17H,18H2. The van der Waals surface area contributed by atoms with Crippen molar-refractivity contribution in [2.24, 2.45) is 0 Å². The highest BCUT2D eigenvalue weighted by Crippen LogP contribution is 2.32. The Morgan fingerprint density at radius 3 is 2.24 bits per heavy atom. The highest BCUT2D eigenvalue weighted by Gasteiger charge is 2.22. The normalized spacial score (nSPS) is 10.8. The topological polar surface area (TPSA) is 42.4 Å². The molecule has 162 valence electrons. The molecule has 33 heavy (non-hydrogen) atoms. The van der Waals surface area contributed by atoms with Crippen LogP contribution in [0.25, 0.3) is 10.2 Å². The van der Waals surface area contributed by atoms with Gasteiger partial charge in [0.25, 0.3) is 5.91 Å². The number of halogens is 1. The van der Waals surface area contributed by atoms with E-state index >= 15 is 0 Å². The number of nitrogens with zero attached hydrogens (tertiary/aromatic N) is 2. The van der Waals surface area contributed by atoms with E-state index in [4.69, 9.17) is 4.74 Å². The van der Waals surface area contributed by atoms with Crippen LogP contribution in [0, 0.1) is 5.82 Å². The number of amides is 1. The van der Waals surface area contributed by atoms with Crippen molar-refractivity contribution in [2.45, 2.75) is 6.54 Å². The van der Waals surface area contributed by atoms with E-state index in [0.29, 0.717) is 33.2 Å². The monoisotopic (exact) mass is 454 g/mol. The van der Waals surface area contributed by atoms with Crippen molar-refractivity contribution in [3.8, 4) is 11.5 Å². The van der Waals surface area contributed by atoms with E-state index in [1.165, 1.54) is 23.5 Å². The van der Waals surface area contributed by atoms with Gasteiger partial charge >= 0.3 is 0 Å². The SMILES string of the molecule is O=C(c1ccc(Oc2ccccc2)cc1)N(Cc1ccccc1)c1nc2ccc(F)cc2s1. The molecule has 0 saturated carbocycles. The van der Waals surface area contributed by atoms with Crippen molar-refractivity contribution in [3.63, 3.8) is 0 Å². The van der Waals surface area contributed by atoms with E-state index in [9.17, 15) is 9.18 Å². The first kappa shape index (κ1) is 20.8. The Bertz CT molecular complexity index is 1390. The summed E-state index contributed by atoms with van der Waals surface area (Å²) in [7, 11) is 0. The van der Waals surface area contributed by atoms with Crippen LogP contribution in [-0.2, 0) is 6.54 Å². The number of carbonyl (C=O) groups is 1. The van der Waals surface area contributed by atoms with Gasteiger partial charge in [0.2, 0.25) is 0 Å². The summed E-state index contributed by atoms with van der Waals surface area (Å²) in [5.74, 6) is 0.851. The lowest BCUT2D eigenvalue weighted by Crippen LogP contribution is -2.30. The lowest BCUT2D eigenvalue weighted by atomic mass is 10.1. The van der Waals surface area contributed by atoms with Gasteiger partial charge < -0.3 is 4.74 Å². The summed E-state index contributed by atoms with van der Waals surface area (Å²) in [6.45, 7) is 0.351. The molecule has 0 saturated heterocycles.